The summed E-state index contributed by atoms with van der Waals surface area (Å²) in [4.78, 5) is 13.1. The molecule has 0 atom stereocenters. The van der Waals surface area contributed by atoms with Crippen LogP contribution < -0.4 is 4.74 Å². The van der Waals surface area contributed by atoms with E-state index in [-0.39, 0.29) is 12.5 Å². The van der Waals surface area contributed by atoms with Crippen LogP contribution in [-0.4, -0.2) is 50.9 Å². The fourth-order valence-corrected chi connectivity index (χ4v) is 3.61. The first-order valence-corrected chi connectivity index (χ1v) is 9.00. The van der Waals surface area contributed by atoms with Gasteiger partial charge in [-0.15, -0.1) is 0 Å². The number of hydrogen-bond acceptors (Lipinski definition) is 4. The number of benzene rings is 1. The van der Waals surface area contributed by atoms with E-state index < -0.39 is 16.8 Å². The smallest absolute Gasteiger partial charge is 0.307 e. The normalized spacial score (nSPS) is 16.9. The van der Waals surface area contributed by atoms with Crippen LogP contribution in [0.3, 0.4) is 0 Å². The summed E-state index contributed by atoms with van der Waals surface area (Å²) in [5.41, 5.74) is 1.78. The van der Waals surface area contributed by atoms with Crippen molar-refractivity contribution in [1.29, 1.82) is 0 Å². The summed E-state index contributed by atoms with van der Waals surface area (Å²) in [5.74, 6) is 1.37. The molecule has 6 heteroatoms. The maximum atomic E-state index is 11.4. The third kappa shape index (κ3) is 5.10. The first-order chi connectivity index (χ1) is 10.4. The molecule has 2 rings (SSSR count). The molecule has 1 aliphatic heterocycles. The highest BCUT2D eigenvalue weighted by Crippen LogP contribution is 2.24. The highest BCUT2D eigenvalue weighted by atomic mass is 32.2. The van der Waals surface area contributed by atoms with Crippen molar-refractivity contribution in [2.45, 2.75) is 32.9 Å². The van der Waals surface area contributed by atoms with Crippen LogP contribution in [0.2, 0.25) is 0 Å². The summed E-state index contributed by atoms with van der Waals surface area (Å²) in [6.07, 6.45) is 0.0804. The van der Waals surface area contributed by atoms with E-state index in [1.54, 1.807) is 6.07 Å². The van der Waals surface area contributed by atoms with Gasteiger partial charge in [-0.2, -0.15) is 0 Å². The van der Waals surface area contributed by atoms with Gasteiger partial charge in [0.25, 0.3) is 0 Å². The quantitative estimate of drug-likeness (QED) is 0.862. The minimum absolute atomic E-state index is 0.0129. The Labute approximate surface area is 133 Å². The van der Waals surface area contributed by atoms with Crippen molar-refractivity contribution in [3.63, 3.8) is 0 Å². The molecule has 0 unspecified atom stereocenters. The SMILES string of the molecule is CC(C)Oc1ccc(CC(=O)O)cc1CN1CCS(=O)CC1. The molecule has 1 heterocycles. The van der Waals surface area contributed by atoms with Crippen LogP contribution in [0.15, 0.2) is 18.2 Å². The number of carboxylic acids is 1. The first kappa shape index (κ1) is 17.0. The number of nitrogens with zero attached hydrogens (tertiary/aromatic N) is 1. The minimum Gasteiger partial charge on any atom is -0.491 e. The maximum Gasteiger partial charge on any atom is 0.307 e. The van der Waals surface area contributed by atoms with E-state index in [0.717, 1.165) is 30.0 Å². The second-order valence-corrected chi connectivity index (χ2v) is 7.50. The molecule has 22 heavy (non-hydrogen) atoms. The van der Waals surface area contributed by atoms with Gasteiger partial charge in [0.15, 0.2) is 0 Å². The number of ether oxygens (including phenoxy) is 1. The van der Waals surface area contributed by atoms with Crippen LogP contribution in [0, 0.1) is 0 Å². The van der Waals surface area contributed by atoms with Crippen molar-refractivity contribution in [2.24, 2.45) is 0 Å². The van der Waals surface area contributed by atoms with E-state index in [2.05, 4.69) is 4.90 Å². The predicted molar refractivity (Wildman–Crippen MR) is 86.7 cm³/mol. The van der Waals surface area contributed by atoms with Crippen molar-refractivity contribution in [3.8, 4) is 5.75 Å². The largest absolute Gasteiger partial charge is 0.491 e. The van der Waals surface area contributed by atoms with Crippen molar-refractivity contribution in [3.05, 3.63) is 29.3 Å². The zero-order valence-electron chi connectivity index (χ0n) is 13.1. The lowest BCUT2D eigenvalue weighted by Gasteiger charge is -2.27. The van der Waals surface area contributed by atoms with Gasteiger partial charge >= 0.3 is 5.97 Å². The van der Waals surface area contributed by atoms with Gasteiger partial charge in [-0.3, -0.25) is 13.9 Å². The molecule has 122 valence electrons. The van der Waals surface area contributed by atoms with E-state index in [0.29, 0.717) is 18.1 Å². The van der Waals surface area contributed by atoms with Crippen LogP contribution in [0.1, 0.15) is 25.0 Å². The molecule has 0 bridgehead atoms. The van der Waals surface area contributed by atoms with Crippen molar-refractivity contribution in [1.82, 2.24) is 4.90 Å². The van der Waals surface area contributed by atoms with Crippen LogP contribution in [0.4, 0.5) is 0 Å². The summed E-state index contributed by atoms with van der Waals surface area (Å²) < 4.78 is 17.3. The molecule has 1 aromatic carbocycles. The number of rotatable bonds is 6. The van der Waals surface area contributed by atoms with E-state index in [9.17, 15) is 9.00 Å². The Balaban J connectivity index is 2.16. The van der Waals surface area contributed by atoms with Crippen LogP contribution in [0.5, 0.6) is 5.75 Å². The van der Waals surface area contributed by atoms with Gasteiger partial charge in [-0.05, 0) is 25.5 Å². The average molecular weight is 325 g/mol. The molecule has 1 saturated heterocycles. The van der Waals surface area contributed by atoms with Gasteiger partial charge in [0.05, 0.1) is 12.5 Å². The van der Waals surface area contributed by atoms with Gasteiger partial charge in [0.1, 0.15) is 5.75 Å². The van der Waals surface area contributed by atoms with E-state index in [1.807, 2.05) is 26.0 Å². The molecule has 1 aromatic rings. The molecule has 1 fully saturated rings. The summed E-state index contributed by atoms with van der Waals surface area (Å²) in [7, 11) is -0.696. The first-order valence-electron chi connectivity index (χ1n) is 7.51. The Morgan fingerprint density at radius 3 is 2.64 bits per heavy atom. The maximum absolute atomic E-state index is 11.4. The molecular weight excluding hydrogens is 302 g/mol. The summed E-state index contributed by atoms with van der Waals surface area (Å²) in [6.45, 7) is 6.25. The monoisotopic (exact) mass is 325 g/mol. The second-order valence-electron chi connectivity index (χ2n) is 5.80. The molecule has 0 saturated carbocycles. The molecule has 0 aliphatic carbocycles. The van der Waals surface area contributed by atoms with Gasteiger partial charge < -0.3 is 9.84 Å². The average Bonchev–Trinajstić information content (AvgIpc) is 2.43. The number of hydrogen-bond donors (Lipinski definition) is 1. The van der Waals surface area contributed by atoms with Gasteiger partial charge in [0, 0.05) is 47.5 Å². The topological polar surface area (TPSA) is 66.8 Å². The van der Waals surface area contributed by atoms with E-state index >= 15 is 0 Å². The summed E-state index contributed by atoms with van der Waals surface area (Å²) >= 11 is 0. The molecular formula is C16H23NO4S. The van der Waals surface area contributed by atoms with Crippen LogP contribution in [-0.2, 0) is 28.6 Å². The zero-order valence-corrected chi connectivity index (χ0v) is 13.9. The highest BCUT2D eigenvalue weighted by Gasteiger charge is 2.18. The zero-order chi connectivity index (χ0) is 16.1. The lowest BCUT2D eigenvalue weighted by Crippen LogP contribution is -2.37. The van der Waals surface area contributed by atoms with Crippen LogP contribution >= 0.6 is 0 Å². The molecule has 0 spiro atoms. The van der Waals surface area contributed by atoms with E-state index in [1.165, 1.54) is 0 Å². The molecule has 1 N–H and O–H groups in total. The van der Waals surface area contributed by atoms with Crippen molar-refractivity contribution >= 4 is 16.8 Å². The fraction of sp³-hybridized carbons (Fsp3) is 0.562. The number of carboxylic acid groups (broad SMARTS) is 1. The third-order valence-corrected chi connectivity index (χ3v) is 4.78. The number of carbonyl (C=O) groups is 1. The number of aliphatic carboxylic acids is 1. The molecule has 0 radical (unpaired) electrons. The van der Waals surface area contributed by atoms with Gasteiger partial charge in [0.2, 0.25) is 0 Å². The van der Waals surface area contributed by atoms with Crippen molar-refractivity contribution in [2.75, 3.05) is 24.6 Å². The van der Waals surface area contributed by atoms with Crippen LogP contribution in [0.25, 0.3) is 0 Å². The Morgan fingerprint density at radius 1 is 1.36 bits per heavy atom. The molecule has 1 aliphatic rings. The highest BCUT2D eigenvalue weighted by molar-refractivity contribution is 7.85. The Hall–Kier alpha value is -1.40. The summed E-state index contributed by atoms with van der Waals surface area (Å²) in [5, 5.41) is 8.95. The Bertz CT molecular complexity index is 549. The lowest BCUT2D eigenvalue weighted by molar-refractivity contribution is -0.136. The van der Waals surface area contributed by atoms with E-state index in [4.69, 9.17) is 9.84 Å². The standard InChI is InChI=1S/C16H23NO4S/c1-12(2)21-15-4-3-13(10-16(18)19)9-14(15)11-17-5-7-22(20)8-6-17/h3-4,9,12H,5-8,10-11H2,1-2H3,(H,18,19). The summed E-state index contributed by atoms with van der Waals surface area (Å²) in [6, 6.07) is 5.58. The van der Waals surface area contributed by atoms with Gasteiger partial charge in [-0.25, -0.2) is 0 Å². The van der Waals surface area contributed by atoms with Crippen molar-refractivity contribution < 1.29 is 18.8 Å². The molecule has 0 aromatic heterocycles. The fourth-order valence-electron chi connectivity index (χ4n) is 2.48. The molecule has 5 nitrogen and oxygen atoms in total. The third-order valence-electron chi connectivity index (χ3n) is 3.51. The molecule has 0 amide bonds. The van der Waals surface area contributed by atoms with Gasteiger partial charge in [-0.1, -0.05) is 12.1 Å². The lowest BCUT2D eigenvalue weighted by atomic mass is 10.1. The minimum atomic E-state index is -0.836. The second kappa shape index (κ2) is 7.74. The Kier molecular flexibility index (Phi) is 5.97. The predicted octanol–water partition coefficient (Wildman–Crippen LogP) is 1.67. The Morgan fingerprint density at radius 2 is 2.05 bits per heavy atom.